The first-order valence-corrected chi connectivity index (χ1v) is 6.93. The summed E-state index contributed by atoms with van der Waals surface area (Å²) in [4.78, 5) is 2.38. The zero-order valence-electron chi connectivity index (χ0n) is 11.0. The fraction of sp³-hybridized carbons (Fsp3) is 0.667. The molecule has 1 aliphatic heterocycles. The maximum absolute atomic E-state index is 8.88. The van der Waals surface area contributed by atoms with Crippen LogP contribution in [-0.2, 0) is 13.6 Å². The van der Waals surface area contributed by atoms with E-state index in [9.17, 15) is 0 Å². The normalized spacial score (nSPS) is 23.8. The summed E-state index contributed by atoms with van der Waals surface area (Å²) in [6.45, 7) is 6.84. The van der Waals surface area contributed by atoms with E-state index in [2.05, 4.69) is 38.0 Å². The molecule has 0 spiro atoms. The number of likely N-dealkylation sites (tertiary alicyclic amines) is 1. The quantitative estimate of drug-likeness (QED) is 0.672. The zero-order valence-corrected chi connectivity index (χ0v) is 12.6. The Labute approximate surface area is 116 Å². The average Bonchev–Trinajstić information content (AvgIpc) is 2.56. The Bertz CT molecular complexity index is 469. The van der Waals surface area contributed by atoms with E-state index in [1.165, 1.54) is 5.69 Å². The predicted octanol–water partition coefficient (Wildman–Crippen LogP) is 2.16. The van der Waals surface area contributed by atoms with Gasteiger partial charge in [-0.2, -0.15) is 5.10 Å². The van der Waals surface area contributed by atoms with Crippen molar-refractivity contribution < 1.29 is 5.21 Å². The molecular formula is C12H19BrN4O. The summed E-state index contributed by atoms with van der Waals surface area (Å²) < 4.78 is 3.03. The molecule has 0 radical (unpaired) electrons. The third-order valence-electron chi connectivity index (χ3n) is 3.55. The first kappa shape index (κ1) is 13.5. The van der Waals surface area contributed by atoms with Gasteiger partial charge in [0.05, 0.1) is 21.6 Å². The van der Waals surface area contributed by atoms with E-state index in [1.807, 2.05) is 18.7 Å². The van der Waals surface area contributed by atoms with Crippen molar-refractivity contribution in [2.24, 2.45) is 18.1 Å². The Morgan fingerprint density at radius 1 is 1.56 bits per heavy atom. The highest BCUT2D eigenvalue weighted by molar-refractivity contribution is 9.10. The van der Waals surface area contributed by atoms with Crippen molar-refractivity contribution in [2.75, 3.05) is 13.1 Å². The molecule has 1 aromatic rings. The maximum Gasteiger partial charge on any atom is 0.0739 e. The van der Waals surface area contributed by atoms with Crippen LogP contribution in [0, 0.1) is 12.8 Å². The molecule has 1 aromatic heterocycles. The van der Waals surface area contributed by atoms with Gasteiger partial charge in [0.1, 0.15) is 0 Å². The Morgan fingerprint density at radius 2 is 2.28 bits per heavy atom. The van der Waals surface area contributed by atoms with Gasteiger partial charge in [-0.15, -0.1) is 0 Å². The smallest absolute Gasteiger partial charge is 0.0739 e. The van der Waals surface area contributed by atoms with Gasteiger partial charge in [0.2, 0.25) is 0 Å². The molecule has 0 bridgehead atoms. The average molecular weight is 315 g/mol. The van der Waals surface area contributed by atoms with E-state index >= 15 is 0 Å². The standard InChI is InChI=1S/C12H19BrN4O/c1-8-6-17(5-4-10(8)15-18)7-11-12(13)9(2)14-16(11)3/h8,18H,4-7H2,1-3H3. The van der Waals surface area contributed by atoms with Crippen molar-refractivity contribution in [3.8, 4) is 0 Å². The highest BCUT2D eigenvalue weighted by Crippen LogP contribution is 2.23. The maximum atomic E-state index is 8.88. The minimum Gasteiger partial charge on any atom is -0.411 e. The fourth-order valence-corrected chi connectivity index (χ4v) is 2.92. The summed E-state index contributed by atoms with van der Waals surface area (Å²) in [5.41, 5.74) is 3.13. The molecule has 2 rings (SSSR count). The van der Waals surface area contributed by atoms with Gasteiger partial charge < -0.3 is 5.21 Å². The minimum absolute atomic E-state index is 0.317. The highest BCUT2D eigenvalue weighted by Gasteiger charge is 2.24. The van der Waals surface area contributed by atoms with Crippen molar-refractivity contribution in [3.63, 3.8) is 0 Å². The summed E-state index contributed by atoms with van der Waals surface area (Å²) in [5.74, 6) is 0.317. The molecule has 1 unspecified atom stereocenters. The molecule has 18 heavy (non-hydrogen) atoms. The molecule has 0 amide bonds. The van der Waals surface area contributed by atoms with E-state index in [-0.39, 0.29) is 0 Å². The molecule has 2 heterocycles. The number of oxime groups is 1. The van der Waals surface area contributed by atoms with E-state index in [4.69, 9.17) is 5.21 Å². The topological polar surface area (TPSA) is 53.7 Å². The van der Waals surface area contributed by atoms with Crippen LogP contribution in [0.1, 0.15) is 24.7 Å². The Balaban J connectivity index is 2.07. The van der Waals surface area contributed by atoms with Crippen LogP contribution >= 0.6 is 15.9 Å². The van der Waals surface area contributed by atoms with Crippen LogP contribution in [0.4, 0.5) is 0 Å². The lowest BCUT2D eigenvalue weighted by atomic mass is 9.97. The molecule has 1 saturated heterocycles. The molecule has 5 nitrogen and oxygen atoms in total. The molecule has 1 atom stereocenters. The zero-order chi connectivity index (χ0) is 13.3. The second-order valence-corrected chi connectivity index (χ2v) is 5.74. The van der Waals surface area contributed by atoms with Crippen LogP contribution in [0.2, 0.25) is 0 Å². The van der Waals surface area contributed by atoms with Crippen molar-refractivity contribution in [1.29, 1.82) is 0 Å². The van der Waals surface area contributed by atoms with Gasteiger partial charge in [0.25, 0.3) is 0 Å². The van der Waals surface area contributed by atoms with Crippen LogP contribution in [-0.4, -0.2) is 38.7 Å². The second kappa shape index (κ2) is 5.40. The van der Waals surface area contributed by atoms with Crippen LogP contribution < -0.4 is 0 Å². The number of aromatic nitrogens is 2. The van der Waals surface area contributed by atoms with Gasteiger partial charge in [-0.1, -0.05) is 12.1 Å². The molecule has 100 valence electrons. The first-order valence-electron chi connectivity index (χ1n) is 6.14. The van der Waals surface area contributed by atoms with Crippen LogP contribution in [0.5, 0.6) is 0 Å². The summed E-state index contributed by atoms with van der Waals surface area (Å²) in [6, 6.07) is 0. The Kier molecular flexibility index (Phi) is 4.07. The Hall–Kier alpha value is -0.880. The molecule has 0 saturated carbocycles. The lowest BCUT2D eigenvalue weighted by Crippen LogP contribution is -2.39. The molecular weight excluding hydrogens is 296 g/mol. The number of halogens is 1. The minimum atomic E-state index is 0.317. The number of hydrogen-bond donors (Lipinski definition) is 1. The van der Waals surface area contributed by atoms with Gasteiger partial charge in [0, 0.05) is 39.0 Å². The van der Waals surface area contributed by atoms with E-state index in [0.717, 1.165) is 41.9 Å². The number of rotatable bonds is 2. The summed E-state index contributed by atoms with van der Waals surface area (Å²) in [7, 11) is 1.97. The van der Waals surface area contributed by atoms with Crippen molar-refractivity contribution in [1.82, 2.24) is 14.7 Å². The lowest BCUT2D eigenvalue weighted by Gasteiger charge is -2.31. The van der Waals surface area contributed by atoms with Crippen LogP contribution in [0.25, 0.3) is 0 Å². The van der Waals surface area contributed by atoms with Gasteiger partial charge >= 0.3 is 0 Å². The molecule has 1 N–H and O–H groups in total. The number of piperidine rings is 1. The third-order valence-corrected chi connectivity index (χ3v) is 4.58. The fourth-order valence-electron chi connectivity index (χ4n) is 2.46. The van der Waals surface area contributed by atoms with Crippen molar-refractivity contribution in [2.45, 2.75) is 26.8 Å². The van der Waals surface area contributed by atoms with Crippen molar-refractivity contribution >= 4 is 21.6 Å². The van der Waals surface area contributed by atoms with Gasteiger partial charge in [0.15, 0.2) is 0 Å². The van der Waals surface area contributed by atoms with E-state index in [0.29, 0.717) is 5.92 Å². The Morgan fingerprint density at radius 3 is 2.78 bits per heavy atom. The van der Waals surface area contributed by atoms with Crippen LogP contribution in [0.15, 0.2) is 9.63 Å². The molecule has 0 aliphatic carbocycles. The van der Waals surface area contributed by atoms with Crippen LogP contribution in [0.3, 0.4) is 0 Å². The summed E-state index contributed by atoms with van der Waals surface area (Å²) in [6.07, 6.45) is 0.839. The largest absolute Gasteiger partial charge is 0.411 e. The van der Waals surface area contributed by atoms with Crippen molar-refractivity contribution in [3.05, 3.63) is 15.9 Å². The van der Waals surface area contributed by atoms with Gasteiger partial charge in [-0.25, -0.2) is 0 Å². The third kappa shape index (κ3) is 2.59. The van der Waals surface area contributed by atoms with Gasteiger partial charge in [-0.3, -0.25) is 9.58 Å². The number of nitrogens with zero attached hydrogens (tertiary/aromatic N) is 4. The van der Waals surface area contributed by atoms with E-state index < -0.39 is 0 Å². The van der Waals surface area contributed by atoms with Gasteiger partial charge in [-0.05, 0) is 22.9 Å². The summed E-state index contributed by atoms with van der Waals surface area (Å²) >= 11 is 3.59. The SMILES string of the molecule is Cc1nn(C)c(CN2CCC(=NO)C(C)C2)c1Br. The number of hydrogen-bond acceptors (Lipinski definition) is 4. The van der Waals surface area contributed by atoms with E-state index in [1.54, 1.807) is 0 Å². The lowest BCUT2D eigenvalue weighted by molar-refractivity contribution is 0.223. The number of aryl methyl sites for hydroxylation is 2. The monoisotopic (exact) mass is 314 g/mol. The molecule has 1 fully saturated rings. The molecule has 6 heteroatoms. The molecule has 1 aliphatic rings. The predicted molar refractivity (Wildman–Crippen MR) is 73.9 cm³/mol. The molecule has 0 aromatic carbocycles. The first-order chi connectivity index (χ1) is 8.52. The second-order valence-electron chi connectivity index (χ2n) is 4.95. The summed E-state index contributed by atoms with van der Waals surface area (Å²) in [5, 5.41) is 16.7. The highest BCUT2D eigenvalue weighted by atomic mass is 79.9.